The van der Waals surface area contributed by atoms with Gasteiger partial charge in [-0.3, -0.25) is 0 Å². The molecule has 0 unspecified atom stereocenters. The van der Waals surface area contributed by atoms with Crippen molar-refractivity contribution < 1.29 is 9.30 Å². The van der Waals surface area contributed by atoms with Crippen molar-refractivity contribution in [2.45, 2.75) is 86.0 Å². The predicted molar refractivity (Wildman–Crippen MR) is 173 cm³/mol. The van der Waals surface area contributed by atoms with Gasteiger partial charge in [0.05, 0.1) is 10.9 Å². The van der Waals surface area contributed by atoms with Crippen molar-refractivity contribution in [3.63, 3.8) is 0 Å². The second-order valence-electron chi connectivity index (χ2n) is 14.5. The van der Waals surface area contributed by atoms with Crippen LogP contribution in [0.3, 0.4) is 0 Å². The summed E-state index contributed by atoms with van der Waals surface area (Å²) in [5, 5.41) is 7.90. The molecule has 1 aliphatic carbocycles. The van der Waals surface area contributed by atoms with E-state index in [0.29, 0.717) is 11.8 Å². The summed E-state index contributed by atoms with van der Waals surface area (Å²) in [5.74, 6) is 3.28. The molecule has 0 radical (unpaired) electrons. The molecule has 4 aromatic carbocycles. The lowest BCUT2D eigenvalue weighted by Crippen LogP contribution is -2.32. The summed E-state index contributed by atoms with van der Waals surface area (Å²) >= 11 is 0. The summed E-state index contributed by atoms with van der Waals surface area (Å²) in [6.07, 6.45) is 9.68. The van der Waals surface area contributed by atoms with Crippen LogP contribution >= 0.6 is 0 Å². The molecule has 0 amide bonds. The number of pyridine rings is 1. The van der Waals surface area contributed by atoms with E-state index < -0.39 is 0 Å². The SMILES string of the molecule is Cc1c2c(c(CC(C)C)c3ccc(CC(C)(C)C)cc13)Oc1cc3ccc(C4CCCC4)cc3c3cc[n+](C)c-2c13. The van der Waals surface area contributed by atoms with Crippen molar-refractivity contribution in [3.05, 3.63) is 77.0 Å². The minimum atomic E-state index is 0.245. The number of aromatic nitrogens is 1. The Hall–Kier alpha value is -3.39. The summed E-state index contributed by atoms with van der Waals surface area (Å²) in [4.78, 5) is 0. The maximum Gasteiger partial charge on any atom is 0.228 e. The van der Waals surface area contributed by atoms with Crippen molar-refractivity contribution in [2.75, 3.05) is 0 Å². The molecule has 2 heterocycles. The van der Waals surface area contributed by atoms with Gasteiger partial charge in [-0.05, 0) is 94.2 Å². The molecule has 1 aromatic heterocycles. The number of aryl methyl sites for hydroxylation is 2. The van der Waals surface area contributed by atoms with Crippen LogP contribution in [0.1, 0.15) is 88.5 Å². The van der Waals surface area contributed by atoms with Gasteiger partial charge in [0.25, 0.3) is 0 Å². The normalized spacial score (nSPS) is 15.3. The number of nitrogens with zero attached hydrogens (tertiary/aromatic N) is 1. The number of hydrogen-bond acceptors (Lipinski definition) is 1. The number of hydrogen-bond donors (Lipinski definition) is 0. The Morgan fingerprint density at radius 2 is 1.68 bits per heavy atom. The van der Waals surface area contributed by atoms with Crippen LogP contribution in [-0.2, 0) is 19.9 Å². The van der Waals surface area contributed by atoms with Gasteiger partial charge >= 0.3 is 0 Å². The molecule has 1 saturated carbocycles. The smallest absolute Gasteiger partial charge is 0.228 e. The van der Waals surface area contributed by atoms with Crippen molar-refractivity contribution in [2.24, 2.45) is 18.4 Å². The van der Waals surface area contributed by atoms with E-state index in [2.05, 4.69) is 108 Å². The molecule has 0 saturated heterocycles. The summed E-state index contributed by atoms with van der Waals surface area (Å²) in [7, 11) is 2.20. The molecule has 0 N–H and O–H groups in total. The minimum Gasteiger partial charge on any atom is -0.455 e. The lowest BCUT2D eigenvalue weighted by molar-refractivity contribution is -0.659. The van der Waals surface area contributed by atoms with E-state index in [4.69, 9.17) is 4.74 Å². The highest BCUT2D eigenvalue weighted by Gasteiger charge is 2.34. The second kappa shape index (κ2) is 9.58. The van der Waals surface area contributed by atoms with Gasteiger partial charge in [-0.2, -0.15) is 0 Å². The van der Waals surface area contributed by atoms with Gasteiger partial charge in [-0.1, -0.05) is 83.9 Å². The first kappa shape index (κ1) is 26.5. The molecule has 0 bridgehead atoms. The quantitative estimate of drug-likeness (QED) is 0.159. The van der Waals surface area contributed by atoms with Gasteiger partial charge in [0, 0.05) is 17.0 Å². The maximum absolute atomic E-state index is 7.06. The van der Waals surface area contributed by atoms with Crippen LogP contribution in [0.15, 0.2) is 54.7 Å². The first-order valence-corrected chi connectivity index (χ1v) is 15.7. The van der Waals surface area contributed by atoms with E-state index in [0.717, 1.165) is 24.3 Å². The third-order valence-corrected chi connectivity index (χ3v) is 9.54. The molecule has 2 heteroatoms. The van der Waals surface area contributed by atoms with Gasteiger partial charge in [0.1, 0.15) is 18.5 Å². The zero-order chi connectivity index (χ0) is 28.6. The molecule has 0 spiro atoms. The van der Waals surface area contributed by atoms with Gasteiger partial charge in [0.15, 0.2) is 6.20 Å². The summed E-state index contributed by atoms with van der Waals surface area (Å²) in [5.41, 5.74) is 8.39. The van der Waals surface area contributed by atoms with Crippen LogP contribution in [0.25, 0.3) is 43.6 Å². The Balaban J connectivity index is 1.54. The fourth-order valence-corrected chi connectivity index (χ4v) is 7.75. The Labute approximate surface area is 245 Å². The Morgan fingerprint density at radius 1 is 0.902 bits per heavy atom. The third-order valence-electron chi connectivity index (χ3n) is 9.54. The lowest BCUT2D eigenvalue weighted by Gasteiger charge is -2.27. The van der Waals surface area contributed by atoms with Crippen LogP contribution in [0.2, 0.25) is 0 Å². The van der Waals surface area contributed by atoms with E-state index in [1.165, 1.54) is 91.5 Å². The highest BCUT2D eigenvalue weighted by Crippen LogP contribution is 2.52. The molecular formula is C39H44NO+. The first-order valence-electron chi connectivity index (χ1n) is 15.7. The number of benzene rings is 4. The third kappa shape index (κ3) is 4.42. The monoisotopic (exact) mass is 542 g/mol. The highest BCUT2D eigenvalue weighted by atomic mass is 16.5. The van der Waals surface area contributed by atoms with E-state index in [1.807, 2.05) is 0 Å². The number of ether oxygens (including phenoxy) is 1. The average molecular weight is 543 g/mol. The highest BCUT2D eigenvalue weighted by molar-refractivity contribution is 6.16. The van der Waals surface area contributed by atoms with E-state index >= 15 is 0 Å². The fraction of sp³-hybridized carbons (Fsp3) is 0.410. The standard InChI is InChI=1S/C39H44NO/c1-23(2)18-33-29-15-12-25(22-39(4,5)6)19-31(29)24(3)35-37-36-30(16-17-40(37)7)32-20-27(26-10-8-9-11-26)13-14-28(32)21-34(36)41-38(33)35/h12-17,19-21,23,26H,8-11,18,22H2,1-7H3/q+1. The van der Waals surface area contributed by atoms with Crippen LogP contribution in [0, 0.1) is 18.3 Å². The zero-order valence-corrected chi connectivity index (χ0v) is 25.9. The molecular weight excluding hydrogens is 498 g/mol. The largest absolute Gasteiger partial charge is 0.455 e. The van der Waals surface area contributed by atoms with Crippen molar-refractivity contribution in [1.82, 2.24) is 0 Å². The molecule has 7 rings (SSSR count). The summed E-state index contributed by atoms with van der Waals surface area (Å²) in [6, 6.07) is 19.0. The molecule has 1 aliphatic heterocycles. The predicted octanol–water partition coefficient (Wildman–Crippen LogP) is 10.5. The van der Waals surface area contributed by atoms with Gasteiger partial charge in [-0.15, -0.1) is 0 Å². The van der Waals surface area contributed by atoms with Crippen molar-refractivity contribution in [3.8, 4) is 22.8 Å². The van der Waals surface area contributed by atoms with Crippen molar-refractivity contribution >= 4 is 32.3 Å². The Kier molecular flexibility index (Phi) is 6.19. The maximum atomic E-state index is 7.06. The Bertz CT molecular complexity index is 1850. The van der Waals surface area contributed by atoms with E-state index in [-0.39, 0.29) is 5.41 Å². The topological polar surface area (TPSA) is 13.1 Å². The van der Waals surface area contributed by atoms with Crippen molar-refractivity contribution in [1.29, 1.82) is 0 Å². The molecule has 2 aliphatic rings. The average Bonchev–Trinajstić information content (AvgIpc) is 3.46. The van der Waals surface area contributed by atoms with Gasteiger partial charge in [-0.25, -0.2) is 4.57 Å². The molecule has 41 heavy (non-hydrogen) atoms. The van der Waals surface area contributed by atoms with Gasteiger partial charge < -0.3 is 4.74 Å². The van der Waals surface area contributed by atoms with Crippen LogP contribution in [-0.4, -0.2) is 0 Å². The van der Waals surface area contributed by atoms with Crippen LogP contribution < -0.4 is 9.30 Å². The van der Waals surface area contributed by atoms with E-state index in [9.17, 15) is 0 Å². The molecule has 2 nitrogen and oxygen atoms in total. The minimum absolute atomic E-state index is 0.245. The first-order chi connectivity index (χ1) is 19.6. The lowest BCUT2D eigenvalue weighted by atomic mass is 9.83. The van der Waals surface area contributed by atoms with Crippen LogP contribution in [0.5, 0.6) is 11.5 Å². The zero-order valence-electron chi connectivity index (χ0n) is 25.9. The molecule has 1 fully saturated rings. The summed E-state index contributed by atoms with van der Waals surface area (Å²) < 4.78 is 9.39. The van der Waals surface area contributed by atoms with Gasteiger partial charge in [0.2, 0.25) is 5.69 Å². The molecule has 0 atom stereocenters. The summed E-state index contributed by atoms with van der Waals surface area (Å²) in [6.45, 7) is 13.9. The molecule has 5 aromatic rings. The van der Waals surface area contributed by atoms with E-state index in [1.54, 1.807) is 0 Å². The second-order valence-corrected chi connectivity index (χ2v) is 14.5. The number of fused-ring (bicyclic) bond motifs is 5. The number of rotatable bonds is 4. The molecule has 210 valence electrons. The fourth-order valence-electron chi connectivity index (χ4n) is 7.75. The Morgan fingerprint density at radius 3 is 2.41 bits per heavy atom. The van der Waals surface area contributed by atoms with Crippen LogP contribution in [0.4, 0.5) is 0 Å².